The summed E-state index contributed by atoms with van der Waals surface area (Å²) in [5, 5.41) is 32.8. The van der Waals surface area contributed by atoms with Crippen LogP contribution in [0, 0.1) is 0 Å². The number of hydrogen-bond donors (Lipinski definition) is 4. The van der Waals surface area contributed by atoms with Crippen molar-refractivity contribution in [1.29, 1.82) is 0 Å². The fourth-order valence-corrected chi connectivity index (χ4v) is 2.10. The highest BCUT2D eigenvalue weighted by Gasteiger charge is 2.43. The van der Waals surface area contributed by atoms with Crippen molar-refractivity contribution in [3.63, 3.8) is 0 Å². The van der Waals surface area contributed by atoms with Crippen LogP contribution < -0.4 is 5.56 Å². The quantitative estimate of drug-likeness (QED) is 0.482. The van der Waals surface area contributed by atoms with Gasteiger partial charge < -0.3 is 25.0 Å². The Balaban J connectivity index is 2.01. The van der Waals surface area contributed by atoms with E-state index in [2.05, 4.69) is 15.1 Å². The fourth-order valence-electron chi connectivity index (χ4n) is 2.10. The molecule has 4 atom stereocenters. The predicted molar refractivity (Wildman–Crippen MR) is 61.2 cm³/mol. The molecule has 2 aromatic rings. The third-order valence-corrected chi connectivity index (χ3v) is 3.12. The van der Waals surface area contributed by atoms with E-state index in [0.29, 0.717) is 0 Å². The summed E-state index contributed by atoms with van der Waals surface area (Å²) in [6.45, 7) is -0.422. The molecule has 1 saturated heterocycles. The van der Waals surface area contributed by atoms with Crippen molar-refractivity contribution in [3.8, 4) is 0 Å². The summed E-state index contributed by atoms with van der Waals surface area (Å²) in [5.74, 6) is 0. The van der Waals surface area contributed by atoms with Crippen LogP contribution in [-0.4, -0.2) is 60.0 Å². The van der Waals surface area contributed by atoms with Gasteiger partial charge in [-0.2, -0.15) is 0 Å². The van der Waals surface area contributed by atoms with E-state index in [9.17, 15) is 15.0 Å². The van der Waals surface area contributed by atoms with E-state index in [0.717, 1.165) is 0 Å². The van der Waals surface area contributed by atoms with Crippen LogP contribution in [0.2, 0.25) is 0 Å². The zero-order valence-electron chi connectivity index (χ0n) is 9.67. The number of aliphatic hydroxyl groups excluding tert-OH is 3. The minimum atomic E-state index is -1.24. The van der Waals surface area contributed by atoms with E-state index in [1.54, 1.807) is 0 Å². The van der Waals surface area contributed by atoms with E-state index in [-0.39, 0.29) is 16.6 Å². The second-order valence-electron chi connectivity index (χ2n) is 4.31. The molecule has 0 radical (unpaired) electrons. The third-order valence-electron chi connectivity index (χ3n) is 3.12. The lowest BCUT2D eigenvalue weighted by Gasteiger charge is -2.14. The van der Waals surface area contributed by atoms with Gasteiger partial charge in [0, 0.05) is 6.20 Å². The van der Waals surface area contributed by atoms with Crippen molar-refractivity contribution >= 4 is 11.0 Å². The van der Waals surface area contributed by atoms with Crippen molar-refractivity contribution in [1.82, 2.24) is 19.7 Å². The van der Waals surface area contributed by atoms with Crippen LogP contribution in [0.25, 0.3) is 11.0 Å². The average Bonchev–Trinajstić information content (AvgIpc) is 2.94. The summed E-state index contributed by atoms with van der Waals surface area (Å²) in [6, 6.07) is 0. The van der Waals surface area contributed by atoms with Crippen LogP contribution in [0.5, 0.6) is 0 Å². The van der Waals surface area contributed by atoms with Crippen LogP contribution >= 0.6 is 0 Å². The van der Waals surface area contributed by atoms with Crippen molar-refractivity contribution < 1.29 is 20.1 Å². The van der Waals surface area contributed by atoms with Crippen molar-refractivity contribution in [2.45, 2.75) is 24.5 Å². The molecular weight excluding hydrogens is 256 g/mol. The van der Waals surface area contributed by atoms with Crippen molar-refractivity contribution in [2.24, 2.45) is 0 Å². The largest absolute Gasteiger partial charge is 0.394 e. The van der Waals surface area contributed by atoms with Crippen LogP contribution in [0.3, 0.4) is 0 Å². The summed E-state index contributed by atoms with van der Waals surface area (Å²) < 4.78 is 6.52. The number of aromatic amines is 1. The third kappa shape index (κ3) is 1.83. The van der Waals surface area contributed by atoms with Crippen molar-refractivity contribution in [3.05, 3.63) is 22.9 Å². The normalized spacial score (nSPS) is 31.1. The van der Waals surface area contributed by atoms with E-state index >= 15 is 0 Å². The molecule has 0 amide bonds. The van der Waals surface area contributed by atoms with E-state index in [4.69, 9.17) is 9.84 Å². The van der Waals surface area contributed by atoms with Crippen LogP contribution in [0.1, 0.15) is 6.23 Å². The van der Waals surface area contributed by atoms with Gasteiger partial charge in [0.05, 0.1) is 12.9 Å². The standard InChI is InChI=1S/C10H12N4O5/c15-2-5-6(16)7(17)10(19-5)14-1-4-8(13-14)11-3-12-9(4)18/h1,3,5-7,10,15-17H,2H2,(H,11,12,13,18)/t5-,6+,7+,10-/m0/s1. The lowest BCUT2D eigenvalue weighted by molar-refractivity contribution is -0.0583. The van der Waals surface area contributed by atoms with Gasteiger partial charge in [0.2, 0.25) is 0 Å². The lowest BCUT2D eigenvalue weighted by atomic mass is 10.1. The molecule has 3 rings (SSSR count). The van der Waals surface area contributed by atoms with Crippen LogP contribution in [-0.2, 0) is 4.74 Å². The van der Waals surface area contributed by atoms with E-state index in [1.807, 2.05) is 0 Å². The Morgan fingerprint density at radius 2 is 2.21 bits per heavy atom. The first-order valence-electron chi connectivity index (χ1n) is 5.67. The van der Waals surface area contributed by atoms with Gasteiger partial charge in [0.1, 0.15) is 23.7 Å². The second kappa shape index (κ2) is 4.38. The molecule has 0 spiro atoms. The van der Waals surface area contributed by atoms with Gasteiger partial charge in [0.15, 0.2) is 11.9 Å². The number of aromatic nitrogens is 4. The maximum atomic E-state index is 11.5. The molecule has 2 aromatic heterocycles. The predicted octanol–water partition coefficient (Wildman–Crippen LogP) is -2.27. The Morgan fingerprint density at radius 3 is 2.84 bits per heavy atom. The van der Waals surface area contributed by atoms with E-state index < -0.39 is 31.1 Å². The molecule has 0 saturated carbocycles. The second-order valence-corrected chi connectivity index (χ2v) is 4.31. The topological polar surface area (TPSA) is 133 Å². The molecule has 4 N–H and O–H groups in total. The first-order chi connectivity index (χ1) is 9.11. The Morgan fingerprint density at radius 1 is 1.42 bits per heavy atom. The van der Waals surface area contributed by atoms with Gasteiger partial charge >= 0.3 is 0 Å². The molecule has 1 fully saturated rings. The Kier molecular flexibility index (Phi) is 2.82. The molecular formula is C10H12N4O5. The number of ether oxygens (including phenoxy) is 1. The fraction of sp³-hybridized carbons (Fsp3) is 0.500. The maximum absolute atomic E-state index is 11.5. The number of nitrogens with one attached hydrogen (secondary N) is 1. The van der Waals surface area contributed by atoms with Gasteiger partial charge in [-0.3, -0.25) is 4.79 Å². The molecule has 0 bridgehead atoms. The Labute approximate surface area is 106 Å². The molecule has 0 aliphatic carbocycles. The highest BCUT2D eigenvalue weighted by atomic mass is 16.6. The van der Waals surface area contributed by atoms with E-state index in [1.165, 1.54) is 17.2 Å². The highest BCUT2D eigenvalue weighted by molar-refractivity contribution is 5.72. The molecule has 9 nitrogen and oxygen atoms in total. The summed E-state index contributed by atoms with van der Waals surface area (Å²) in [6.07, 6.45) is -1.72. The SMILES string of the molecule is O=c1[nH]cnc2nn([C@H]3O[C@@H](CO)[C@@H](O)[C@H]3O)cc12. The number of hydrogen-bond acceptors (Lipinski definition) is 7. The highest BCUT2D eigenvalue weighted by Crippen LogP contribution is 2.29. The minimum absolute atomic E-state index is 0.210. The average molecular weight is 268 g/mol. The first kappa shape index (κ1) is 12.2. The van der Waals surface area contributed by atoms with Gasteiger partial charge in [-0.1, -0.05) is 0 Å². The first-order valence-corrected chi connectivity index (χ1v) is 5.67. The summed E-state index contributed by atoms with van der Waals surface area (Å²) in [7, 11) is 0. The Hall–Kier alpha value is -1.81. The number of rotatable bonds is 2. The van der Waals surface area contributed by atoms with Gasteiger partial charge in [-0.05, 0) is 0 Å². The number of nitrogens with zero attached hydrogens (tertiary/aromatic N) is 3. The van der Waals surface area contributed by atoms with Gasteiger partial charge in [0.25, 0.3) is 5.56 Å². The van der Waals surface area contributed by atoms with Gasteiger partial charge in [-0.15, -0.1) is 5.10 Å². The zero-order valence-corrected chi connectivity index (χ0v) is 9.67. The molecule has 1 aliphatic rings. The summed E-state index contributed by atoms with van der Waals surface area (Å²) in [4.78, 5) is 17.8. The van der Waals surface area contributed by atoms with Crippen LogP contribution in [0.4, 0.5) is 0 Å². The lowest BCUT2D eigenvalue weighted by Crippen LogP contribution is -2.33. The molecule has 9 heteroatoms. The zero-order chi connectivity index (χ0) is 13.6. The smallest absolute Gasteiger partial charge is 0.261 e. The van der Waals surface area contributed by atoms with Crippen molar-refractivity contribution in [2.75, 3.05) is 6.61 Å². The molecule has 102 valence electrons. The molecule has 19 heavy (non-hydrogen) atoms. The monoisotopic (exact) mass is 268 g/mol. The maximum Gasteiger partial charge on any atom is 0.261 e. The molecule has 0 aromatic carbocycles. The number of fused-ring (bicyclic) bond motifs is 1. The molecule has 3 heterocycles. The number of aliphatic hydroxyl groups is 3. The summed E-state index contributed by atoms with van der Waals surface area (Å²) in [5.41, 5.74) is -0.149. The Bertz CT molecular complexity index is 653. The molecule has 1 aliphatic heterocycles. The van der Waals surface area contributed by atoms with Gasteiger partial charge in [-0.25, -0.2) is 9.67 Å². The number of H-pyrrole nitrogens is 1. The van der Waals surface area contributed by atoms with Crippen LogP contribution in [0.15, 0.2) is 17.3 Å². The summed E-state index contributed by atoms with van der Waals surface area (Å²) >= 11 is 0. The minimum Gasteiger partial charge on any atom is -0.394 e. The molecule has 0 unspecified atom stereocenters.